The van der Waals surface area contributed by atoms with E-state index in [-0.39, 0.29) is 16.0 Å². The van der Waals surface area contributed by atoms with Gasteiger partial charge >= 0.3 is 0 Å². The lowest BCUT2D eigenvalue weighted by molar-refractivity contribution is -0.122. The SMILES string of the molecule is CC(=O)NC(CCc1ccc(C(O)CCCCCc2ccccc2)cc1)(CO[Si](C)(C)C(C)(C)C)CO[Si](C)(C)C(C)(C)C. The normalized spacial score (nSPS) is 14.0. The molecule has 0 heterocycles. The van der Waals surface area contributed by atoms with Crippen molar-refractivity contribution >= 4 is 22.5 Å². The molecule has 2 N–H and O–H groups in total. The molecular weight excluding hydrogens is 579 g/mol. The predicted octanol–water partition coefficient (Wildman–Crippen LogP) is 9.37. The Labute approximate surface area is 271 Å². The molecule has 1 amide bonds. The minimum atomic E-state index is -2.06. The van der Waals surface area contributed by atoms with Gasteiger partial charge in [0.25, 0.3) is 0 Å². The van der Waals surface area contributed by atoms with Crippen LogP contribution in [-0.4, -0.2) is 46.4 Å². The van der Waals surface area contributed by atoms with Crippen molar-refractivity contribution < 1.29 is 18.8 Å². The Bertz CT molecular complexity index is 1100. The molecule has 5 nitrogen and oxygen atoms in total. The summed E-state index contributed by atoms with van der Waals surface area (Å²) in [6.45, 7) is 24.9. The van der Waals surface area contributed by atoms with E-state index in [1.165, 1.54) is 11.1 Å². The number of hydrogen-bond acceptors (Lipinski definition) is 4. The molecule has 7 heteroatoms. The third-order valence-electron chi connectivity index (χ3n) is 10.0. The van der Waals surface area contributed by atoms with Gasteiger partial charge in [-0.2, -0.15) is 0 Å². The summed E-state index contributed by atoms with van der Waals surface area (Å²) < 4.78 is 13.5. The van der Waals surface area contributed by atoms with Gasteiger partial charge in [-0.25, -0.2) is 0 Å². The minimum Gasteiger partial charge on any atom is -0.414 e. The van der Waals surface area contributed by atoms with E-state index in [1.54, 1.807) is 6.92 Å². The van der Waals surface area contributed by atoms with E-state index >= 15 is 0 Å². The monoisotopic (exact) mass is 641 g/mol. The molecule has 0 aliphatic heterocycles. The second-order valence-electron chi connectivity index (χ2n) is 15.9. The average Bonchev–Trinajstić information content (AvgIpc) is 2.93. The van der Waals surface area contributed by atoms with Gasteiger partial charge in [-0.1, -0.05) is 109 Å². The Morgan fingerprint density at radius 2 is 1.25 bits per heavy atom. The summed E-state index contributed by atoms with van der Waals surface area (Å²) >= 11 is 0. The molecule has 1 atom stereocenters. The first-order chi connectivity index (χ1) is 20.3. The van der Waals surface area contributed by atoms with Gasteiger partial charge in [0.05, 0.1) is 24.9 Å². The number of hydrogen-bond donors (Lipinski definition) is 2. The lowest BCUT2D eigenvalue weighted by Crippen LogP contribution is -2.59. The molecule has 44 heavy (non-hydrogen) atoms. The fourth-order valence-electron chi connectivity index (χ4n) is 4.71. The summed E-state index contributed by atoms with van der Waals surface area (Å²) in [5, 5.41) is 14.3. The first-order valence-corrected chi connectivity index (χ1v) is 22.5. The zero-order valence-electron chi connectivity index (χ0n) is 29.8. The maximum Gasteiger partial charge on any atom is 0.217 e. The number of aryl methyl sites for hydroxylation is 2. The molecule has 0 bridgehead atoms. The highest BCUT2D eigenvalue weighted by Crippen LogP contribution is 2.39. The van der Waals surface area contributed by atoms with E-state index in [0.29, 0.717) is 19.6 Å². The van der Waals surface area contributed by atoms with Crippen LogP contribution in [0.5, 0.6) is 0 Å². The molecule has 0 aliphatic rings. The van der Waals surface area contributed by atoms with Crippen LogP contribution in [0.25, 0.3) is 0 Å². The van der Waals surface area contributed by atoms with Crippen LogP contribution >= 0.6 is 0 Å². The number of nitrogens with one attached hydrogen (secondary N) is 1. The summed E-state index contributed by atoms with van der Waals surface area (Å²) in [5.41, 5.74) is 2.89. The Balaban J connectivity index is 2.09. The van der Waals surface area contributed by atoms with Crippen molar-refractivity contribution in [1.82, 2.24) is 5.32 Å². The number of amides is 1. The van der Waals surface area contributed by atoms with Crippen LogP contribution in [0.4, 0.5) is 0 Å². The largest absolute Gasteiger partial charge is 0.414 e. The summed E-state index contributed by atoms with van der Waals surface area (Å²) in [7, 11) is -4.13. The molecule has 0 aliphatic carbocycles. The molecule has 2 aromatic carbocycles. The second-order valence-corrected chi connectivity index (χ2v) is 25.5. The molecule has 0 fully saturated rings. The van der Waals surface area contributed by atoms with Crippen LogP contribution in [0.1, 0.15) is 103 Å². The molecule has 1 unspecified atom stereocenters. The fourth-order valence-corrected chi connectivity index (χ4v) is 6.85. The van der Waals surface area contributed by atoms with Gasteiger partial charge in [-0.3, -0.25) is 4.79 Å². The second kappa shape index (κ2) is 16.2. The average molecular weight is 642 g/mol. The summed E-state index contributed by atoms with van der Waals surface area (Å²) in [6.07, 6.45) is 6.17. The van der Waals surface area contributed by atoms with Crippen molar-refractivity contribution in [3.8, 4) is 0 Å². The molecule has 0 aromatic heterocycles. The zero-order chi connectivity index (χ0) is 33.2. The fraction of sp³-hybridized carbons (Fsp3) is 0.649. The number of aliphatic hydroxyl groups is 1. The first kappa shape index (κ1) is 38.4. The lowest BCUT2D eigenvalue weighted by atomic mass is 9.92. The van der Waals surface area contributed by atoms with Crippen molar-refractivity contribution in [3.05, 3.63) is 71.3 Å². The van der Waals surface area contributed by atoms with Crippen molar-refractivity contribution in [2.45, 2.75) is 141 Å². The molecule has 0 radical (unpaired) electrons. The third-order valence-corrected chi connectivity index (χ3v) is 19.0. The van der Waals surface area contributed by atoms with E-state index in [1.807, 2.05) is 0 Å². The van der Waals surface area contributed by atoms with Gasteiger partial charge in [-0.05, 0) is 85.1 Å². The molecule has 248 valence electrons. The molecule has 2 aromatic rings. The van der Waals surface area contributed by atoms with Gasteiger partial charge in [0, 0.05) is 6.92 Å². The molecule has 2 rings (SSSR count). The van der Waals surface area contributed by atoms with Crippen LogP contribution in [-0.2, 0) is 26.5 Å². The van der Waals surface area contributed by atoms with Crippen LogP contribution in [0, 0.1) is 0 Å². The summed E-state index contributed by atoms with van der Waals surface area (Å²) in [4.78, 5) is 12.6. The minimum absolute atomic E-state index is 0.0633. The van der Waals surface area contributed by atoms with Crippen LogP contribution in [0.15, 0.2) is 54.6 Å². The highest BCUT2D eigenvalue weighted by atomic mass is 28.4. The van der Waals surface area contributed by atoms with Crippen LogP contribution in [0.2, 0.25) is 36.3 Å². The topological polar surface area (TPSA) is 67.8 Å². The molecular formula is C37H63NO4Si2. The van der Waals surface area contributed by atoms with Crippen molar-refractivity contribution in [1.29, 1.82) is 0 Å². The van der Waals surface area contributed by atoms with E-state index < -0.39 is 28.3 Å². The van der Waals surface area contributed by atoms with Crippen LogP contribution in [0.3, 0.4) is 0 Å². The van der Waals surface area contributed by atoms with Crippen molar-refractivity contribution in [2.24, 2.45) is 0 Å². The van der Waals surface area contributed by atoms with Crippen LogP contribution < -0.4 is 5.32 Å². The van der Waals surface area contributed by atoms with Gasteiger partial charge < -0.3 is 19.3 Å². The lowest BCUT2D eigenvalue weighted by Gasteiger charge is -2.44. The van der Waals surface area contributed by atoms with Gasteiger partial charge in [0.15, 0.2) is 16.6 Å². The number of carbonyl (C=O) groups is 1. The molecule has 0 saturated carbocycles. The number of unbranched alkanes of at least 4 members (excludes halogenated alkanes) is 2. The van der Waals surface area contributed by atoms with Crippen molar-refractivity contribution in [3.63, 3.8) is 0 Å². The van der Waals surface area contributed by atoms with Gasteiger partial charge in [0.1, 0.15) is 0 Å². The number of aliphatic hydroxyl groups excluding tert-OH is 1. The first-order valence-electron chi connectivity index (χ1n) is 16.6. The van der Waals surface area contributed by atoms with Crippen molar-refractivity contribution in [2.75, 3.05) is 13.2 Å². The maximum absolute atomic E-state index is 12.6. The highest BCUT2D eigenvalue weighted by molar-refractivity contribution is 6.74. The highest BCUT2D eigenvalue weighted by Gasteiger charge is 2.44. The quantitative estimate of drug-likeness (QED) is 0.133. The van der Waals surface area contributed by atoms with E-state index in [9.17, 15) is 9.90 Å². The standard InChI is InChI=1S/C37H63NO4Si2/c1-30(39)38-37(28-41-43(8,9)35(2,3)4,29-42-44(10,11)36(5,6)7)27-26-32-22-24-33(25-23-32)34(40)21-17-13-16-20-31-18-14-12-15-19-31/h12,14-15,18-19,22-25,34,40H,13,16-17,20-21,26-29H2,1-11H3,(H,38,39). The van der Waals surface area contributed by atoms with Gasteiger partial charge in [-0.15, -0.1) is 0 Å². The summed E-state index contributed by atoms with van der Waals surface area (Å²) in [5.74, 6) is -0.0649. The Kier molecular flexibility index (Phi) is 14.1. The Morgan fingerprint density at radius 1 is 0.750 bits per heavy atom. The van der Waals surface area contributed by atoms with Gasteiger partial charge in [0.2, 0.25) is 5.91 Å². The third kappa shape index (κ3) is 12.2. The molecule has 0 saturated heterocycles. The Morgan fingerprint density at radius 3 is 1.73 bits per heavy atom. The maximum atomic E-state index is 12.6. The molecule has 0 spiro atoms. The van der Waals surface area contributed by atoms with E-state index in [4.69, 9.17) is 8.85 Å². The zero-order valence-corrected chi connectivity index (χ0v) is 31.8. The van der Waals surface area contributed by atoms with E-state index in [2.05, 4.69) is 128 Å². The summed E-state index contributed by atoms with van der Waals surface area (Å²) in [6, 6.07) is 19.0. The number of carbonyl (C=O) groups excluding carboxylic acids is 1. The smallest absolute Gasteiger partial charge is 0.217 e. The van der Waals surface area contributed by atoms with E-state index in [0.717, 1.165) is 44.1 Å². The predicted molar refractivity (Wildman–Crippen MR) is 191 cm³/mol. The number of benzene rings is 2. The number of rotatable bonds is 17. The Hall–Kier alpha value is -1.78.